The maximum Gasteiger partial charge on any atom is 0.254 e. The van der Waals surface area contributed by atoms with Crippen LogP contribution in [0.4, 0.5) is 0 Å². The van der Waals surface area contributed by atoms with Crippen LogP contribution >= 0.6 is 0 Å². The molecule has 1 fully saturated rings. The highest BCUT2D eigenvalue weighted by molar-refractivity contribution is 5.96. The van der Waals surface area contributed by atoms with Crippen LogP contribution in [0.5, 0.6) is 5.75 Å². The van der Waals surface area contributed by atoms with Crippen LogP contribution in [0.1, 0.15) is 27.1 Å². The van der Waals surface area contributed by atoms with Gasteiger partial charge in [-0.25, -0.2) is 0 Å². The first-order valence-electron chi connectivity index (χ1n) is 10.1. The molecule has 1 heterocycles. The molecule has 0 aliphatic carbocycles. The Labute approximate surface area is 176 Å². The number of amides is 2. The first-order chi connectivity index (χ1) is 14.6. The fourth-order valence-electron chi connectivity index (χ4n) is 3.76. The molecule has 30 heavy (non-hydrogen) atoms. The number of phenols is 1. The zero-order valence-corrected chi connectivity index (χ0v) is 16.7. The van der Waals surface area contributed by atoms with Gasteiger partial charge in [-0.1, -0.05) is 48.5 Å². The van der Waals surface area contributed by atoms with Crippen LogP contribution in [0.15, 0.2) is 78.9 Å². The molecule has 0 saturated carbocycles. The van der Waals surface area contributed by atoms with Crippen molar-refractivity contribution >= 4 is 11.8 Å². The molecule has 152 valence electrons. The Morgan fingerprint density at radius 1 is 0.633 bits per heavy atom. The van der Waals surface area contributed by atoms with Crippen molar-refractivity contribution in [3.8, 4) is 16.9 Å². The molecule has 5 nitrogen and oxygen atoms in total. The first kappa shape index (κ1) is 19.7. The Bertz CT molecular complexity index is 1030. The standard InChI is InChI=1S/C25H24N2O3/c28-23-9-4-8-22(18-23)25(30)27-15-5-14-26(16-17-27)24(29)21-12-10-20(11-13-21)19-6-2-1-3-7-19/h1-4,6-13,18,28H,5,14-17H2. The number of nitrogens with zero attached hydrogens (tertiary/aromatic N) is 2. The largest absolute Gasteiger partial charge is 0.508 e. The molecule has 0 unspecified atom stereocenters. The van der Waals surface area contributed by atoms with Gasteiger partial charge in [0.1, 0.15) is 5.75 Å². The van der Waals surface area contributed by atoms with Crippen molar-refractivity contribution < 1.29 is 14.7 Å². The third kappa shape index (κ3) is 4.35. The summed E-state index contributed by atoms with van der Waals surface area (Å²) in [5, 5.41) is 9.63. The van der Waals surface area contributed by atoms with E-state index >= 15 is 0 Å². The first-order valence-corrected chi connectivity index (χ1v) is 10.1. The van der Waals surface area contributed by atoms with Crippen LogP contribution in [-0.2, 0) is 0 Å². The van der Waals surface area contributed by atoms with Gasteiger partial charge in [0, 0.05) is 37.3 Å². The molecule has 1 aliphatic rings. The molecule has 0 bridgehead atoms. The molecule has 2 amide bonds. The Morgan fingerprint density at radius 3 is 1.87 bits per heavy atom. The van der Waals surface area contributed by atoms with Gasteiger partial charge < -0.3 is 14.9 Å². The SMILES string of the molecule is O=C(c1ccc(-c2ccccc2)cc1)N1CCCN(C(=O)c2cccc(O)c2)CC1. The zero-order valence-electron chi connectivity index (χ0n) is 16.7. The lowest BCUT2D eigenvalue weighted by atomic mass is 10.0. The van der Waals surface area contributed by atoms with E-state index in [0.29, 0.717) is 37.3 Å². The molecule has 3 aromatic carbocycles. The van der Waals surface area contributed by atoms with Crippen molar-refractivity contribution in [3.63, 3.8) is 0 Å². The fourth-order valence-corrected chi connectivity index (χ4v) is 3.76. The van der Waals surface area contributed by atoms with Crippen LogP contribution in [0.3, 0.4) is 0 Å². The maximum atomic E-state index is 13.0. The summed E-state index contributed by atoms with van der Waals surface area (Å²) in [6.07, 6.45) is 0.721. The van der Waals surface area contributed by atoms with E-state index in [1.165, 1.54) is 6.07 Å². The number of hydrogen-bond donors (Lipinski definition) is 1. The highest BCUT2D eigenvalue weighted by atomic mass is 16.3. The number of hydrogen-bond acceptors (Lipinski definition) is 3. The van der Waals surface area contributed by atoms with E-state index in [2.05, 4.69) is 0 Å². The Morgan fingerprint density at radius 2 is 1.23 bits per heavy atom. The monoisotopic (exact) mass is 400 g/mol. The molecular formula is C25H24N2O3. The Hall–Kier alpha value is -3.60. The van der Waals surface area contributed by atoms with Gasteiger partial charge in [0.25, 0.3) is 11.8 Å². The van der Waals surface area contributed by atoms with Crippen molar-refractivity contribution in [2.45, 2.75) is 6.42 Å². The molecule has 1 saturated heterocycles. The molecule has 1 aliphatic heterocycles. The third-order valence-corrected chi connectivity index (χ3v) is 5.40. The quantitative estimate of drug-likeness (QED) is 0.722. The Kier molecular flexibility index (Phi) is 5.80. The molecule has 5 heteroatoms. The van der Waals surface area contributed by atoms with Crippen molar-refractivity contribution in [2.24, 2.45) is 0 Å². The number of carbonyl (C=O) groups is 2. The molecular weight excluding hydrogens is 376 g/mol. The van der Waals surface area contributed by atoms with E-state index in [1.54, 1.807) is 23.1 Å². The summed E-state index contributed by atoms with van der Waals surface area (Å²) in [7, 11) is 0. The molecule has 3 aromatic rings. The number of benzene rings is 3. The molecule has 4 rings (SSSR count). The summed E-state index contributed by atoms with van der Waals surface area (Å²) in [4.78, 5) is 29.3. The average Bonchev–Trinajstić information content (AvgIpc) is 3.05. The Balaban J connectivity index is 1.41. The number of phenolic OH excluding ortho intramolecular Hbond substituents is 1. The van der Waals surface area contributed by atoms with Gasteiger partial charge in [-0.05, 0) is 47.9 Å². The molecule has 0 spiro atoms. The van der Waals surface area contributed by atoms with Crippen LogP contribution < -0.4 is 0 Å². The summed E-state index contributed by atoms with van der Waals surface area (Å²) in [6.45, 7) is 2.17. The summed E-state index contributed by atoms with van der Waals surface area (Å²) >= 11 is 0. The van der Waals surface area contributed by atoms with E-state index in [1.807, 2.05) is 59.5 Å². The lowest BCUT2D eigenvalue weighted by Gasteiger charge is -2.22. The average molecular weight is 400 g/mol. The predicted molar refractivity (Wildman–Crippen MR) is 116 cm³/mol. The van der Waals surface area contributed by atoms with Crippen molar-refractivity contribution in [3.05, 3.63) is 90.0 Å². The normalized spacial score (nSPS) is 14.3. The second kappa shape index (κ2) is 8.82. The van der Waals surface area contributed by atoms with Crippen molar-refractivity contribution in [1.82, 2.24) is 9.80 Å². The van der Waals surface area contributed by atoms with Gasteiger partial charge in [0.05, 0.1) is 0 Å². The van der Waals surface area contributed by atoms with E-state index in [-0.39, 0.29) is 17.6 Å². The van der Waals surface area contributed by atoms with Crippen LogP contribution in [0.2, 0.25) is 0 Å². The van der Waals surface area contributed by atoms with E-state index in [4.69, 9.17) is 0 Å². The third-order valence-electron chi connectivity index (χ3n) is 5.40. The van der Waals surface area contributed by atoms with Crippen LogP contribution in [-0.4, -0.2) is 52.9 Å². The number of aromatic hydroxyl groups is 1. The highest BCUT2D eigenvalue weighted by Gasteiger charge is 2.23. The summed E-state index contributed by atoms with van der Waals surface area (Å²) in [6, 6.07) is 24.1. The van der Waals surface area contributed by atoms with E-state index in [9.17, 15) is 14.7 Å². The van der Waals surface area contributed by atoms with Crippen LogP contribution in [0, 0.1) is 0 Å². The predicted octanol–water partition coefficient (Wildman–Crippen LogP) is 4.05. The lowest BCUT2D eigenvalue weighted by molar-refractivity contribution is 0.0718. The van der Waals surface area contributed by atoms with Crippen LogP contribution in [0.25, 0.3) is 11.1 Å². The summed E-state index contributed by atoms with van der Waals surface area (Å²) < 4.78 is 0. The van der Waals surface area contributed by atoms with Gasteiger partial charge in [-0.3, -0.25) is 9.59 Å². The summed E-state index contributed by atoms with van der Waals surface area (Å²) in [5.74, 6) is -0.0555. The van der Waals surface area contributed by atoms with Crippen molar-refractivity contribution in [1.29, 1.82) is 0 Å². The minimum absolute atomic E-state index is 0.0127. The van der Waals surface area contributed by atoms with E-state index in [0.717, 1.165) is 17.5 Å². The maximum absolute atomic E-state index is 13.0. The molecule has 1 N–H and O–H groups in total. The van der Waals surface area contributed by atoms with Gasteiger partial charge in [0.15, 0.2) is 0 Å². The van der Waals surface area contributed by atoms with Crippen molar-refractivity contribution in [2.75, 3.05) is 26.2 Å². The second-order valence-electron chi connectivity index (χ2n) is 7.43. The second-order valence-corrected chi connectivity index (χ2v) is 7.43. The zero-order chi connectivity index (χ0) is 20.9. The lowest BCUT2D eigenvalue weighted by Crippen LogP contribution is -2.37. The highest BCUT2D eigenvalue weighted by Crippen LogP contribution is 2.20. The van der Waals surface area contributed by atoms with E-state index < -0.39 is 0 Å². The number of rotatable bonds is 3. The molecule has 0 aromatic heterocycles. The topological polar surface area (TPSA) is 60.9 Å². The minimum Gasteiger partial charge on any atom is -0.508 e. The smallest absolute Gasteiger partial charge is 0.254 e. The summed E-state index contributed by atoms with van der Waals surface area (Å²) in [5.41, 5.74) is 3.31. The van der Waals surface area contributed by atoms with Gasteiger partial charge in [-0.2, -0.15) is 0 Å². The van der Waals surface area contributed by atoms with Gasteiger partial charge >= 0.3 is 0 Å². The minimum atomic E-state index is -0.118. The van der Waals surface area contributed by atoms with Gasteiger partial charge in [-0.15, -0.1) is 0 Å². The fraction of sp³-hybridized carbons (Fsp3) is 0.200. The van der Waals surface area contributed by atoms with Gasteiger partial charge in [0.2, 0.25) is 0 Å². The molecule has 0 atom stereocenters. The number of carbonyl (C=O) groups excluding carboxylic acids is 2. The molecule has 0 radical (unpaired) electrons.